The minimum absolute atomic E-state index is 0.000123. The maximum atomic E-state index is 13.8. The van der Waals surface area contributed by atoms with Gasteiger partial charge in [0.05, 0.1) is 0 Å². The molecule has 1 aromatic heterocycles. The van der Waals surface area contributed by atoms with Gasteiger partial charge >= 0.3 is 0 Å². The lowest BCUT2D eigenvalue weighted by Gasteiger charge is -2.29. The van der Waals surface area contributed by atoms with Crippen molar-refractivity contribution in [2.45, 2.75) is 49.2 Å². The molecule has 0 aromatic carbocycles. The Kier molecular flexibility index (Phi) is 4.24. The molecule has 0 amide bonds. The maximum Gasteiger partial charge on any atom is 0.263 e. The van der Waals surface area contributed by atoms with E-state index in [0.717, 1.165) is 44.7 Å². The number of sulfonamides is 1. The maximum absolute atomic E-state index is 13.8. The zero-order valence-corrected chi connectivity index (χ0v) is 12.7. The van der Waals surface area contributed by atoms with Gasteiger partial charge < -0.3 is 5.32 Å². The number of rotatable bonds is 5. The van der Waals surface area contributed by atoms with Crippen molar-refractivity contribution in [1.29, 1.82) is 0 Å². The fourth-order valence-electron chi connectivity index (χ4n) is 2.78. The lowest BCUT2D eigenvalue weighted by molar-refractivity contribution is 0.306. The SMILES string of the molecule is O=S(=O)(c1ncccc1F)N(CC1CCCCN1)C1CC1. The van der Waals surface area contributed by atoms with Crippen molar-refractivity contribution in [3.8, 4) is 0 Å². The highest BCUT2D eigenvalue weighted by molar-refractivity contribution is 7.89. The van der Waals surface area contributed by atoms with Gasteiger partial charge in [0.15, 0.2) is 5.82 Å². The fraction of sp³-hybridized carbons (Fsp3) is 0.643. The Morgan fingerprint density at radius 2 is 2.14 bits per heavy atom. The normalized spacial score (nSPS) is 23.4. The summed E-state index contributed by atoms with van der Waals surface area (Å²) in [7, 11) is -3.86. The van der Waals surface area contributed by atoms with E-state index in [9.17, 15) is 12.8 Å². The van der Waals surface area contributed by atoms with E-state index >= 15 is 0 Å². The van der Waals surface area contributed by atoms with E-state index in [1.165, 1.54) is 16.6 Å². The summed E-state index contributed by atoms with van der Waals surface area (Å²) in [6, 6.07) is 2.70. The predicted octanol–water partition coefficient (Wildman–Crippen LogP) is 1.52. The quantitative estimate of drug-likeness (QED) is 0.895. The van der Waals surface area contributed by atoms with Gasteiger partial charge in [-0.05, 0) is 44.4 Å². The minimum Gasteiger partial charge on any atom is -0.313 e. The Morgan fingerprint density at radius 3 is 2.76 bits per heavy atom. The van der Waals surface area contributed by atoms with Gasteiger partial charge in [-0.1, -0.05) is 6.42 Å². The smallest absolute Gasteiger partial charge is 0.263 e. The minimum atomic E-state index is -3.86. The van der Waals surface area contributed by atoms with Gasteiger partial charge in [0.25, 0.3) is 10.0 Å². The number of nitrogens with one attached hydrogen (secondary N) is 1. The fourth-order valence-corrected chi connectivity index (χ4v) is 4.49. The van der Waals surface area contributed by atoms with Crippen molar-refractivity contribution in [2.75, 3.05) is 13.1 Å². The molecule has 5 nitrogen and oxygen atoms in total. The van der Waals surface area contributed by atoms with Gasteiger partial charge in [-0.15, -0.1) is 0 Å². The molecule has 2 aliphatic rings. The number of nitrogens with zero attached hydrogens (tertiary/aromatic N) is 2. The molecule has 1 saturated carbocycles. The molecule has 7 heteroatoms. The third-order valence-electron chi connectivity index (χ3n) is 4.04. The summed E-state index contributed by atoms with van der Waals surface area (Å²) in [5.74, 6) is -0.778. The first-order chi connectivity index (χ1) is 10.1. The first-order valence-corrected chi connectivity index (χ1v) is 8.89. The average molecular weight is 313 g/mol. The molecule has 0 radical (unpaired) electrons. The van der Waals surface area contributed by atoms with E-state index in [1.807, 2.05) is 0 Å². The Bertz CT molecular complexity index is 598. The van der Waals surface area contributed by atoms with E-state index in [1.54, 1.807) is 0 Å². The lowest BCUT2D eigenvalue weighted by Crippen LogP contribution is -2.46. The summed E-state index contributed by atoms with van der Waals surface area (Å²) in [4.78, 5) is 3.75. The molecule has 0 spiro atoms. The molecular weight excluding hydrogens is 293 g/mol. The van der Waals surface area contributed by atoms with Crippen LogP contribution in [-0.2, 0) is 10.0 Å². The number of pyridine rings is 1. The van der Waals surface area contributed by atoms with E-state index in [-0.39, 0.29) is 12.1 Å². The van der Waals surface area contributed by atoms with Crippen LogP contribution < -0.4 is 5.32 Å². The second-order valence-electron chi connectivity index (χ2n) is 5.74. The van der Waals surface area contributed by atoms with Crippen LogP contribution in [0.2, 0.25) is 0 Å². The van der Waals surface area contributed by atoms with Crippen molar-refractivity contribution in [3.05, 3.63) is 24.1 Å². The van der Waals surface area contributed by atoms with E-state index in [2.05, 4.69) is 10.3 Å². The predicted molar refractivity (Wildman–Crippen MR) is 76.8 cm³/mol. The molecule has 1 aliphatic heterocycles. The Morgan fingerprint density at radius 1 is 1.33 bits per heavy atom. The lowest BCUT2D eigenvalue weighted by atomic mass is 10.1. The molecule has 1 saturated heterocycles. The largest absolute Gasteiger partial charge is 0.313 e. The first kappa shape index (κ1) is 14.9. The van der Waals surface area contributed by atoms with Crippen LogP contribution in [0.5, 0.6) is 0 Å². The highest BCUT2D eigenvalue weighted by Crippen LogP contribution is 2.32. The molecule has 21 heavy (non-hydrogen) atoms. The summed E-state index contributed by atoms with van der Waals surface area (Å²) in [5.41, 5.74) is 0. The topological polar surface area (TPSA) is 62.3 Å². The molecule has 1 atom stereocenters. The van der Waals surface area contributed by atoms with Crippen molar-refractivity contribution in [1.82, 2.24) is 14.6 Å². The highest BCUT2D eigenvalue weighted by atomic mass is 32.2. The zero-order valence-electron chi connectivity index (χ0n) is 11.8. The van der Waals surface area contributed by atoms with Crippen LogP contribution in [-0.4, -0.2) is 42.9 Å². The van der Waals surface area contributed by atoms with Crippen LogP contribution in [0.1, 0.15) is 32.1 Å². The summed E-state index contributed by atoms with van der Waals surface area (Å²) < 4.78 is 40.7. The van der Waals surface area contributed by atoms with Gasteiger partial charge in [-0.3, -0.25) is 0 Å². The molecule has 116 valence electrons. The second kappa shape index (κ2) is 5.98. The number of piperidine rings is 1. The summed E-state index contributed by atoms with van der Waals surface area (Å²) >= 11 is 0. The number of aromatic nitrogens is 1. The van der Waals surface area contributed by atoms with Gasteiger partial charge in [-0.25, -0.2) is 17.8 Å². The van der Waals surface area contributed by atoms with E-state index < -0.39 is 20.9 Å². The first-order valence-electron chi connectivity index (χ1n) is 7.45. The van der Waals surface area contributed by atoms with Crippen molar-refractivity contribution >= 4 is 10.0 Å². The molecule has 1 unspecified atom stereocenters. The summed E-state index contributed by atoms with van der Waals surface area (Å²) in [6.45, 7) is 1.32. The van der Waals surface area contributed by atoms with Crippen molar-refractivity contribution in [2.24, 2.45) is 0 Å². The van der Waals surface area contributed by atoms with Gasteiger partial charge in [-0.2, -0.15) is 4.31 Å². The third-order valence-corrected chi connectivity index (χ3v) is 5.90. The molecule has 3 rings (SSSR count). The van der Waals surface area contributed by atoms with Crippen LogP contribution in [0.15, 0.2) is 23.4 Å². The van der Waals surface area contributed by atoms with Crippen LogP contribution in [0.25, 0.3) is 0 Å². The van der Waals surface area contributed by atoms with Crippen LogP contribution >= 0.6 is 0 Å². The third kappa shape index (κ3) is 3.25. The number of halogens is 1. The summed E-state index contributed by atoms with van der Waals surface area (Å²) in [5, 5.41) is 2.90. The molecule has 1 N–H and O–H groups in total. The molecule has 1 aliphatic carbocycles. The van der Waals surface area contributed by atoms with Gasteiger partial charge in [0.1, 0.15) is 0 Å². The monoisotopic (exact) mass is 313 g/mol. The second-order valence-corrected chi connectivity index (χ2v) is 7.55. The molecular formula is C14H20FN3O2S. The standard InChI is InChI=1S/C14H20FN3O2S/c15-13-5-3-9-17-14(13)21(19,20)18(12-6-7-12)10-11-4-1-2-8-16-11/h3,5,9,11-12,16H,1-2,4,6-8,10H2. The van der Waals surface area contributed by atoms with Gasteiger partial charge in [0.2, 0.25) is 5.03 Å². The van der Waals surface area contributed by atoms with Crippen molar-refractivity contribution < 1.29 is 12.8 Å². The summed E-state index contributed by atoms with van der Waals surface area (Å²) in [6.07, 6.45) is 6.21. The average Bonchev–Trinajstić information content (AvgIpc) is 3.30. The Hall–Kier alpha value is -1.05. The van der Waals surface area contributed by atoms with Crippen LogP contribution in [0, 0.1) is 5.82 Å². The highest BCUT2D eigenvalue weighted by Gasteiger charge is 2.41. The van der Waals surface area contributed by atoms with Crippen molar-refractivity contribution in [3.63, 3.8) is 0 Å². The number of hydrogen-bond acceptors (Lipinski definition) is 4. The molecule has 0 bridgehead atoms. The molecule has 2 heterocycles. The van der Waals surface area contributed by atoms with Gasteiger partial charge in [0, 0.05) is 24.8 Å². The van der Waals surface area contributed by atoms with E-state index in [4.69, 9.17) is 0 Å². The molecule has 2 fully saturated rings. The van der Waals surface area contributed by atoms with Crippen LogP contribution in [0.3, 0.4) is 0 Å². The Balaban J connectivity index is 1.84. The zero-order chi connectivity index (χ0) is 14.9. The van der Waals surface area contributed by atoms with Crippen LogP contribution in [0.4, 0.5) is 4.39 Å². The number of hydrogen-bond donors (Lipinski definition) is 1. The molecule has 1 aromatic rings. The Labute approximate surface area is 124 Å². The van der Waals surface area contributed by atoms with E-state index in [0.29, 0.717) is 6.54 Å².